The number of carbonyl (C=O) groups excluding carboxylic acids is 1. The van der Waals surface area contributed by atoms with Gasteiger partial charge in [0.1, 0.15) is 11.6 Å². The summed E-state index contributed by atoms with van der Waals surface area (Å²) in [5.41, 5.74) is -0.802. The summed E-state index contributed by atoms with van der Waals surface area (Å²) in [6.45, 7) is 1.21. The van der Waals surface area contributed by atoms with Crippen LogP contribution in [0.4, 0.5) is 14.5 Å². The predicted octanol–water partition coefficient (Wildman–Crippen LogP) is 1.88. The number of methoxy groups -OCH3 is 1. The summed E-state index contributed by atoms with van der Waals surface area (Å²) in [4.78, 5) is 36.7. The monoisotopic (exact) mass is 416 g/mol. The average Bonchev–Trinajstić information content (AvgIpc) is 2.71. The Morgan fingerprint density at radius 2 is 1.83 bits per heavy atom. The molecule has 0 radical (unpaired) electrons. The third-order valence-corrected chi connectivity index (χ3v) is 4.27. The zero-order valence-corrected chi connectivity index (χ0v) is 16.2. The Kier molecular flexibility index (Phi) is 6.05. The third kappa shape index (κ3) is 4.43. The predicted molar refractivity (Wildman–Crippen MR) is 105 cm³/mol. The van der Waals surface area contributed by atoms with Crippen molar-refractivity contribution in [1.82, 2.24) is 14.3 Å². The number of hydrogen-bond acceptors (Lipinski definition) is 5. The molecule has 2 aromatic carbocycles. The fourth-order valence-corrected chi connectivity index (χ4v) is 2.81. The lowest BCUT2D eigenvalue weighted by molar-refractivity contribution is -0.114. The van der Waals surface area contributed by atoms with Gasteiger partial charge >= 0.3 is 11.2 Å². The van der Waals surface area contributed by atoms with Crippen LogP contribution in [0.3, 0.4) is 0 Å². The van der Waals surface area contributed by atoms with Gasteiger partial charge in [-0.3, -0.25) is 14.2 Å². The van der Waals surface area contributed by atoms with E-state index in [2.05, 4.69) is 10.4 Å². The number of ether oxygens (including phenoxy) is 1. The molecule has 0 spiro atoms. The Morgan fingerprint density at radius 1 is 1.13 bits per heavy atom. The van der Waals surface area contributed by atoms with Gasteiger partial charge in [0.25, 0.3) is 5.88 Å². The number of hydrogen-bond donors (Lipinski definition) is 1. The SMILES string of the molecule is COc1nn(-c2ccc(F)c(NC(C)=O)c2)c(=O)n(CCc2ccc(F)cc2)c1=O. The van der Waals surface area contributed by atoms with Crippen LogP contribution < -0.4 is 21.3 Å². The van der Waals surface area contributed by atoms with Gasteiger partial charge in [0.2, 0.25) is 5.91 Å². The van der Waals surface area contributed by atoms with Crippen molar-refractivity contribution in [2.24, 2.45) is 0 Å². The van der Waals surface area contributed by atoms with Crippen molar-refractivity contribution < 1.29 is 18.3 Å². The van der Waals surface area contributed by atoms with E-state index in [-0.39, 0.29) is 30.2 Å². The largest absolute Gasteiger partial charge is 0.476 e. The first-order valence-corrected chi connectivity index (χ1v) is 8.90. The van der Waals surface area contributed by atoms with Crippen molar-refractivity contribution in [2.75, 3.05) is 12.4 Å². The minimum atomic E-state index is -0.775. The number of aromatic nitrogens is 3. The van der Waals surface area contributed by atoms with Crippen molar-refractivity contribution in [3.63, 3.8) is 0 Å². The molecule has 0 fully saturated rings. The second kappa shape index (κ2) is 8.68. The summed E-state index contributed by atoms with van der Waals surface area (Å²) in [6.07, 6.45) is 0.281. The second-order valence-electron chi connectivity index (χ2n) is 6.38. The van der Waals surface area contributed by atoms with Crippen LogP contribution in [-0.2, 0) is 17.8 Å². The molecule has 1 heterocycles. The number of aryl methyl sites for hydroxylation is 1. The summed E-state index contributed by atoms with van der Waals surface area (Å²) in [5, 5.41) is 6.22. The molecule has 8 nitrogen and oxygen atoms in total. The number of halogens is 2. The molecule has 3 aromatic rings. The highest BCUT2D eigenvalue weighted by Gasteiger charge is 2.16. The van der Waals surface area contributed by atoms with Crippen molar-refractivity contribution in [3.05, 3.63) is 80.5 Å². The first-order chi connectivity index (χ1) is 14.3. The van der Waals surface area contributed by atoms with E-state index in [0.29, 0.717) is 0 Å². The van der Waals surface area contributed by atoms with Crippen molar-refractivity contribution in [3.8, 4) is 11.6 Å². The number of anilines is 1. The molecule has 1 amide bonds. The molecule has 0 saturated carbocycles. The van der Waals surface area contributed by atoms with Crippen LogP contribution >= 0.6 is 0 Å². The van der Waals surface area contributed by atoms with E-state index in [4.69, 9.17) is 4.74 Å². The standard InChI is InChI=1S/C20H18F2N4O4/c1-12(27)23-17-11-15(7-8-16(17)22)26-20(29)25(19(28)18(24-26)30-2)10-9-13-3-5-14(21)6-4-13/h3-8,11H,9-10H2,1-2H3,(H,23,27). The molecule has 3 rings (SSSR count). The van der Waals surface area contributed by atoms with E-state index >= 15 is 0 Å². The Morgan fingerprint density at radius 3 is 2.47 bits per heavy atom. The first-order valence-electron chi connectivity index (χ1n) is 8.90. The fourth-order valence-electron chi connectivity index (χ4n) is 2.81. The van der Waals surface area contributed by atoms with Crippen LogP contribution in [0.15, 0.2) is 52.1 Å². The molecule has 156 valence electrons. The smallest absolute Gasteiger partial charge is 0.352 e. The molecule has 0 bridgehead atoms. The maximum absolute atomic E-state index is 13.9. The van der Waals surface area contributed by atoms with E-state index in [1.165, 1.54) is 38.3 Å². The summed E-state index contributed by atoms with van der Waals surface area (Å²) < 4.78 is 33.8. The van der Waals surface area contributed by atoms with Crippen LogP contribution in [-0.4, -0.2) is 27.4 Å². The van der Waals surface area contributed by atoms with Gasteiger partial charge in [0, 0.05) is 13.5 Å². The zero-order chi connectivity index (χ0) is 21.8. The van der Waals surface area contributed by atoms with E-state index in [0.717, 1.165) is 20.9 Å². The molecule has 0 unspecified atom stereocenters. The molecule has 0 aliphatic rings. The number of amides is 1. The molecule has 0 atom stereocenters. The van der Waals surface area contributed by atoms with Crippen LogP contribution in [0.25, 0.3) is 5.69 Å². The molecule has 10 heteroatoms. The van der Waals surface area contributed by atoms with Crippen molar-refractivity contribution in [1.29, 1.82) is 0 Å². The van der Waals surface area contributed by atoms with Gasteiger partial charge in [-0.25, -0.2) is 13.6 Å². The molecular weight excluding hydrogens is 398 g/mol. The summed E-state index contributed by atoms with van der Waals surface area (Å²) in [7, 11) is 1.23. The molecule has 1 N–H and O–H groups in total. The van der Waals surface area contributed by atoms with Gasteiger partial charge in [0.15, 0.2) is 0 Å². The lowest BCUT2D eigenvalue weighted by Crippen LogP contribution is -2.41. The third-order valence-electron chi connectivity index (χ3n) is 4.27. The van der Waals surface area contributed by atoms with Crippen LogP contribution in [0.2, 0.25) is 0 Å². The summed E-state index contributed by atoms with van der Waals surface area (Å²) >= 11 is 0. The topological polar surface area (TPSA) is 95.2 Å². The highest BCUT2D eigenvalue weighted by atomic mass is 19.1. The highest BCUT2D eigenvalue weighted by molar-refractivity contribution is 5.89. The van der Waals surface area contributed by atoms with Crippen molar-refractivity contribution >= 4 is 11.6 Å². The lowest BCUT2D eigenvalue weighted by atomic mass is 10.1. The number of nitrogens with zero attached hydrogens (tertiary/aromatic N) is 3. The minimum Gasteiger partial charge on any atom is -0.476 e. The normalized spacial score (nSPS) is 10.7. The van der Waals surface area contributed by atoms with Gasteiger partial charge in [-0.15, -0.1) is 5.10 Å². The lowest BCUT2D eigenvalue weighted by Gasteiger charge is -2.13. The maximum Gasteiger partial charge on any atom is 0.352 e. The molecule has 1 aromatic heterocycles. The van der Waals surface area contributed by atoms with Crippen molar-refractivity contribution in [2.45, 2.75) is 19.9 Å². The quantitative estimate of drug-likeness (QED) is 0.662. The summed E-state index contributed by atoms with van der Waals surface area (Å²) in [6, 6.07) is 9.24. The number of nitrogens with one attached hydrogen (secondary N) is 1. The van der Waals surface area contributed by atoms with Gasteiger partial charge in [-0.1, -0.05) is 12.1 Å². The Labute approximate surface area is 169 Å². The Bertz CT molecular complexity index is 1200. The van der Waals surface area contributed by atoms with E-state index < -0.39 is 28.8 Å². The number of rotatable bonds is 6. The van der Waals surface area contributed by atoms with Crippen LogP contribution in [0, 0.1) is 11.6 Å². The molecule has 0 saturated heterocycles. The number of carbonyl (C=O) groups is 1. The number of benzene rings is 2. The highest BCUT2D eigenvalue weighted by Crippen LogP contribution is 2.18. The van der Waals surface area contributed by atoms with Gasteiger partial charge < -0.3 is 10.1 Å². The minimum absolute atomic E-state index is 0.0120. The van der Waals surface area contributed by atoms with Crippen LogP contribution in [0.5, 0.6) is 5.88 Å². The van der Waals surface area contributed by atoms with Gasteiger partial charge in [-0.05, 0) is 42.3 Å². The molecule has 30 heavy (non-hydrogen) atoms. The van der Waals surface area contributed by atoms with Gasteiger partial charge in [-0.2, -0.15) is 4.68 Å². The molecule has 0 aliphatic carbocycles. The fraction of sp³-hybridized carbons (Fsp3) is 0.200. The summed E-state index contributed by atoms with van der Waals surface area (Å²) in [5.74, 6) is -1.92. The zero-order valence-electron chi connectivity index (χ0n) is 16.2. The Balaban J connectivity index is 2.05. The average molecular weight is 416 g/mol. The van der Waals surface area contributed by atoms with Crippen LogP contribution in [0.1, 0.15) is 12.5 Å². The van der Waals surface area contributed by atoms with E-state index in [1.54, 1.807) is 12.1 Å². The van der Waals surface area contributed by atoms with E-state index in [9.17, 15) is 23.2 Å². The van der Waals surface area contributed by atoms with E-state index in [1.807, 2.05) is 0 Å². The van der Waals surface area contributed by atoms with Gasteiger partial charge in [0.05, 0.1) is 18.5 Å². The molecular formula is C20H18F2N4O4. The maximum atomic E-state index is 13.9. The molecule has 0 aliphatic heterocycles. The Hall–Kier alpha value is -3.82. The second-order valence-corrected chi connectivity index (χ2v) is 6.38. The first kappa shape index (κ1) is 20.9.